The van der Waals surface area contributed by atoms with E-state index in [1.54, 1.807) is 12.3 Å². The molecule has 1 aromatic heterocycles. The van der Waals surface area contributed by atoms with E-state index in [9.17, 15) is 0 Å². The Morgan fingerprint density at radius 1 is 1.73 bits per heavy atom. The average molecular weight is 191 g/mol. The van der Waals surface area contributed by atoms with E-state index in [2.05, 4.69) is 4.98 Å². The van der Waals surface area contributed by atoms with Crippen molar-refractivity contribution in [3.05, 3.63) is 28.8 Å². The molecule has 0 radical (unpaired) electrons. The average Bonchev–Trinajstić information content (AvgIpc) is 2.31. The van der Waals surface area contributed by atoms with Crippen LogP contribution in [0.5, 0.6) is 0 Å². The maximum Gasteiger partial charge on any atom is 0.105 e. The van der Waals surface area contributed by atoms with Gasteiger partial charge in [-0.1, -0.05) is 23.2 Å². The molecule has 1 rings (SSSR count). The lowest BCUT2D eigenvalue weighted by atomic mass is 10.6. The Hall–Kier alpha value is -0.470. The SMILES string of the molecule is Cc1nccn1CC=C(Cl)Cl. The fourth-order valence-corrected chi connectivity index (χ4v) is 0.902. The molecule has 60 valence electrons. The van der Waals surface area contributed by atoms with Crippen LogP contribution in [0.1, 0.15) is 5.82 Å². The Morgan fingerprint density at radius 2 is 2.45 bits per heavy atom. The van der Waals surface area contributed by atoms with Gasteiger partial charge in [0.2, 0.25) is 0 Å². The van der Waals surface area contributed by atoms with Crippen LogP contribution in [-0.2, 0) is 6.54 Å². The second-order valence-electron chi connectivity index (χ2n) is 2.12. The zero-order valence-electron chi connectivity index (χ0n) is 6.09. The van der Waals surface area contributed by atoms with Crippen LogP contribution in [-0.4, -0.2) is 9.55 Å². The minimum atomic E-state index is 0.290. The van der Waals surface area contributed by atoms with E-state index in [1.165, 1.54) is 0 Å². The van der Waals surface area contributed by atoms with Crippen molar-refractivity contribution >= 4 is 23.2 Å². The maximum absolute atomic E-state index is 5.44. The summed E-state index contributed by atoms with van der Waals surface area (Å²) in [4.78, 5) is 4.04. The predicted molar refractivity (Wildman–Crippen MR) is 46.8 cm³/mol. The van der Waals surface area contributed by atoms with Gasteiger partial charge in [0.25, 0.3) is 0 Å². The first-order valence-electron chi connectivity index (χ1n) is 3.19. The highest BCUT2D eigenvalue weighted by Crippen LogP contribution is 2.07. The van der Waals surface area contributed by atoms with Gasteiger partial charge in [-0.05, 0) is 13.0 Å². The minimum Gasteiger partial charge on any atom is -0.331 e. The number of hydrogen-bond acceptors (Lipinski definition) is 1. The highest BCUT2D eigenvalue weighted by Gasteiger charge is 1.92. The smallest absolute Gasteiger partial charge is 0.105 e. The molecule has 0 N–H and O–H groups in total. The van der Waals surface area contributed by atoms with E-state index in [0.29, 0.717) is 6.54 Å². The first kappa shape index (κ1) is 8.62. The summed E-state index contributed by atoms with van der Waals surface area (Å²) in [6.07, 6.45) is 5.34. The fourth-order valence-electron chi connectivity index (χ4n) is 0.764. The molecule has 0 bridgehead atoms. The normalized spacial score (nSPS) is 9.73. The van der Waals surface area contributed by atoms with Gasteiger partial charge in [-0.25, -0.2) is 4.98 Å². The lowest BCUT2D eigenvalue weighted by Gasteiger charge is -1.98. The Kier molecular flexibility index (Phi) is 2.97. The maximum atomic E-state index is 5.44. The number of nitrogens with zero attached hydrogens (tertiary/aromatic N) is 2. The van der Waals surface area contributed by atoms with Gasteiger partial charge in [0.05, 0.1) is 0 Å². The summed E-state index contributed by atoms with van der Waals surface area (Å²) in [7, 11) is 0. The van der Waals surface area contributed by atoms with Gasteiger partial charge in [-0.3, -0.25) is 0 Å². The van der Waals surface area contributed by atoms with Crippen LogP contribution in [0.25, 0.3) is 0 Å². The lowest BCUT2D eigenvalue weighted by Crippen LogP contribution is -1.95. The largest absolute Gasteiger partial charge is 0.331 e. The van der Waals surface area contributed by atoms with Crippen LogP contribution >= 0.6 is 23.2 Å². The number of allylic oxidation sites excluding steroid dienone is 1. The Bertz CT molecular complexity index is 261. The van der Waals surface area contributed by atoms with Crippen molar-refractivity contribution in [1.82, 2.24) is 9.55 Å². The van der Waals surface area contributed by atoms with Crippen molar-refractivity contribution < 1.29 is 0 Å². The van der Waals surface area contributed by atoms with E-state index in [0.717, 1.165) is 5.82 Å². The van der Waals surface area contributed by atoms with Gasteiger partial charge in [-0.15, -0.1) is 0 Å². The van der Waals surface area contributed by atoms with Gasteiger partial charge in [0.1, 0.15) is 10.3 Å². The number of aromatic nitrogens is 2. The van der Waals surface area contributed by atoms with Gasteiger partial charge in [-0.2, -0.15) is 0 Å². The van der Waals surface area contributed by atoms with Gasteiger partial charge >= 0.3 is 0 Å². The topological polar surface area (TPSA) is 17.8 Å². The van der Waals surface area contributed by atoms with E-state index < -0.39 is 0 Å². The van der Waals surface area contributed by atoms with Crippen molar-refractivity contribution in [3.63, 3.8) is 0 Å². The molecule has 0 saturated heterocycles. The summed E-state index contributed by atoms with van der Waals surface area (Å²) in [5, 5.41) is 0. The zero-order valence-corrected chi connectivity index (χ0v) is 7.60. The second kappa shape index (κ2) is 3.79. The third kappa shape index (κ3) is 2.56. The molecule has 0 aliphatic carbocycles. The quantitative estimate of drug-likeness (QED) is 0.702. The molecule has 0 unspecified atom stereocenters. The molecule has 0 aliphatic heterocycles. The predicted octanol–water partition coefficient (Wildman–Crippen LogP) is 2.51. The summed E-state index contributed by atoms with van der Waals surface area (Å²) in [6.45, 7) is 2.60. The summed E-state index contributed by atoms with van der Waals surface area (Å²) in [5.74, 6) is 0.954. The molecule has 2 nitrogen and oxygen atoms in total. The van der Waals surface area contributed by atoms with Gasteiger partial charge in [0.15, 0.2) is 0 Å². The molecule has 4 heteroatoms. The highest BCUT2D eigenvalue weighted by atomic mass is 35.5. The van der Waals surface area contributed by atoms with Crippen LogP contribution in [0.2, 0.25) is 0 Å². The Labute approximate surface area is 75.4 Å². The monoisotopic (exact) mass is 190 g/mol. The van der Waals surface area contributed by atoms with Crippen molar-refractivity contribution in [1.29, 1.82) is 0 Å². The summed E-state index contributed by atoms with van der Waals surface area (Å²) < 4.78 is 2.24. The minimum absolute atomic E-state index is 0.290. The molecule has 0 fully saturated rings. The van der Waals surface area contributed by atoms with Crippen molar-refractivity contribution in [2.24, 2.45) is 0 Å². The second-order valence-corrected chi connectivity index (χ2v) is 3.13. The van der Waals surface area contributed by atoms with Crippen LogP contribution < -0.4 is 0 Å². The summed E-state index contributed by atoms with van der Waals surface area (Å²) >= 11 is 10.9. The highest BCUT2D eigenvalue weighted by molar-refractivity contribution is 6.55. The number of hydrogen-bond donors (Lipinski definition) is 0. The van der Waals surface area contributed by atoms with E-state index in [1.807, 2.05) is 17.7 Å². The van der Waals surface area contributed by atoms with Crippen LogP contribution in [0.15, 0.2) is 23.0 Å². The standard InChI is InChI=1S/C7H8Cl2N2/c1-6-10-3-5-11(6)4-2-7(8)9/h2-3,5H,4H2,1H3. The number of rotatable bonds is 2. The van der Waals surface area contributed by atoms with Crippen LogP contribution in [0.4, 0.5) is 0 Å². The van der Waals surface area contributed by atoms with E-state index in [-0.39, 0.29) is 4.49 Å². The molecule has 0 saturated carbocycles. The molecular weight excluding hydrogens is 183 g/mol. The van der Waals surface area contributed by atoms with Crippen molar-refractivity contribution in [2.75, 3.05) is 0 Å². The third-order valence-corrected chi connectivity index (χ3v) is 1.67. The molecule has 1 aromatic rings. The third-order valence-electron chi connectivity index (χ3n) is 1.37. The van der Waals surface area contributed by atoms with Crippen LogP contribution in [0.3, 0.4) is 0 Å². The molecule has 0 atom stereocenters. The molecule has 11 heavy (non-hydrogen) atoms. The number of halogens is 2. The molecule has 0 amide bonds. The molecule has 0 aromatic carbocycles. The number of imidazole rings is 1. The van der Waals surface area contributed by atoms with Gasteiger partial charge in [0, 0.05) is 18.9 Å². The first-order chi connectivity index (χ1) is 5.20. The Morgan fingerprint density at radius 3 is 2.91 bits per heavy atom. The lowest BCUT2D eigenvalue weighted by molar-refractivity contribution is 0.781. The van der Waals surface area contributed by atoms with Crippen molar-refractivity contribution in [2.45, 2.75) is 13.5 Å². The zero-order chi connectivity index (χ0) is 8.27. The van der Waals surface area contributed by atoms with Crippen LogP contribution in [0, 0.1) is 6.92 Å². The molecule has 0 aliphatic rings. The van der Waals surface area contributed by atoms with E-state index in [4.69, 9.17) is 23.2 Å². The Balaban J connectivity index is 2.65. The fraction of sp³-hybridized carbons (Fsp3) is 0.286. The molecular formula is C7H8Cl2N2. The van der Waals surface area contributed by atoms with E-state index >= 15 is 0 Å². The summed E-state index contributed by atoms with van der Waals surface area (Å²) in [6, 6.07) is 0. The molecule has 0 spiro atoms. The first-order valence-corrected chi connectivity index (χ1v) is 3.94. The number of aryl methyl sites for hydroxylation is 1. The van der Waals surface area contributed by atoms with Crippen molar-refractivity contribution in [3.8, 4) is 0 Å². The van der Waals surface area contributed by atoms with Gasteiger partial charge < -0.3 is 4.57 Å². The molecule has 1 heterocycles. The summed E-state index contributed by atoms with van der Waals surface area (Å²) in [5.41, 5.74) is 0.